The summed E-state index contributed by atoms with van der Waals surface area (Å²) in [5.74, 6) is -4.47. The molecule has 0 N–H and O–H groups in total. The Balaban J connectivity index is 3.52. The molecule has 0 bridgehead atoms. The molecule has 1 saturated heterocycles. The van der Waals surface area contributed by atoms with Crippen molar-refractivity contribution in [2.24, 2.45) is 0 Å². The minimum Gasteiger partial charge on any atom is -0.466 e. The molecule has 0 amide bonds. The number of esters is 5. The summed E-state index contributed by atoms with van der Waals surface area (Å²) in [6, 6.07) is 0. The lowest BCUT2D eigenvalue weighted by Crippen LogP contribution is -2.68. The second kappa shape index (κ2) is 9.13. The average Bonchev–Trinajstić information content (AvgIpc) is 2.52. The number of methoxy groups -OCH3 is 1. The fraction of sp³-hybridized carbons (Fsp3) is 0.667. The van der Waals surface area contributed by atoms with Gasteiger partial charge in [-0.25, -0.2) is 4.79 Å². The summed E-state index contributed by atoms with van der Waals surface area (Å²) in [4.78, 5) is 58.3. The van der Waals surface area contributed by atoms with Gasteiger partial charge in [0.05, 0.1) is 7.11 Å². The van der Waals surface area contributed by atoms with Crippen LogP contribution in [-0.2, 0) is 52.4 Å². The summed E-state index contributed by atoms with van der Waals surface area (Å²) in [7, 11) is 1.03. The monoisotopic (exact) mass is 454 g/mol. The number of rotatable bonds is 5. The first-order chi connectivity index (χ1) is 12.4. The van der Waals surface area contributed by atoms with E-state index in [9.17, 15) is 24.0 Å². The van der Waals surface area contributed by atoms with Crippen molar-refractivity contribution >= 4 is 45.8 Å². The summed E-state index contributed by atoms with van der Waals surface area (Å²) >= 11 is 2.97. The van der Waals surface area contributed by atoms with Crippen LogP contribution in [0.1, 0.15) is 27.7 Å². The van der Waals surface area contributed by atoms with E-state index >= 15 is 0 Å². The van der Waals surface area contributed by atoms with Gasteiger partial charge in [0.2, 0.25) is 12.4 Å². The minimum atomic E-state index is -2.22. The van der Waals surface area contributed by atoms with Crippen molar-refractivity contribution in [2.75, 3.05) is 7.11 Å². The summed E-state index contributed by atoms with van der Waals surface area (Å²) in [6.07, 6.45) is -6.41. The van der Waals surface area contributed by atoms with Crippen LogP contribution in [0.15, 0.2) is 0 Å². The quantitative estimate of drug-likeness (QED) is 0.313. The Morgan fingerprint density at radius 3 is 1.63 bits per heavy atom. The van der Waals surface area contributed by atoms with Gasteiger partial charge in [-0.2, -0.15) is 0 Å². The molecule has 1 rings (SSSR count). The summed E-state index contributed by atoms with van der Waals surface area (Å²) in [5.41, 5.74) is 0. The van der Waals surface area contributed by atoms with Crippen LogP contribution < -0.4 is 0 Å². The van der Waals surface area contributed by atoms with Crippen molar-refractivity contribution in [3.8, 4) is 0 Å². The van der Waals surface area contributed by atoms with Gasteiger partial charge in [0.25, 0.3) is 4.51 Å². The van der Waals surface area contributed by atoms with Crippen molar-refractivity contribution in [3.05, 3.63) is 0 Å². The van der Waals surface area contributed by atoms with E-state index in [1.807, 2.05) is 0 Å². The lowest BCUT2D eigenvalue weighted by Gasteiger charge is -2.46. The van der Waals surface area contributed by atoms with E-state index in [1.165, 1.54) is 0 Å². The normalized spacial score (nSPS) is 29.9. The molecule has 1 heterocycles. The van der Waals surface area contributed by atoms with Gasteiger partial charge < -0.3 is 28.4 Å². The lowest BCUT2D eigenvalue weighted by atomic mass is 9.97. The summed E-state index contributed by atoms with van der Waals surface area (Å²) in [5, 5.41) is 0. The van der Waals surface area contributed by atoms with E-state index in [-0.39, 0.29) is 0 Å². The van der Waals surface area contributed by atoms with Crippen molar-refractivity contribution in [1.82, 2.24) is 0 Å². The van der Waals surface area contributed by atoms with Gasteiger partial charge in [0, 0.05) is 27.7 Å². The molecular formula is C15H19BrO11. The Morgan fingerprint density at radius 2 is 1.22 bits per heavy atom. The van der Waals surface area contributed by atoms with Gasteiger partial charge in [-0.1, -0.05) is 0 Å². The molecule has 5 atom stereocenters. The maximum absolute atomic E-state index is 12.3. The van der Waals surface area contributed by atoms with E-state index in [1.54, 1.807) is 0 Å². The fourth-order valence-corrected chi connectivity index (χ4v) is 3.06. The van der Waals surface area contributed by atoms with Gasteiger partial charge in [-0.15, -0.1) is 0 Å². The maximum atomic E-state index is 12.3. The number of hydrogen-bond acceptors (Lipinski definition) is 11. The highest BCUT2D eigenvalue weighted by atomic mass is 79.9. The average molecular weight is 455 g/mol. The van der Waals surface area contributed by atoms with Crippen LogP contribution >= 0.6 is 15.9 Å². The molecule has 152 valence electrons. The predicted octanol–water partition coefficient (Wildman–Crippen LogP) is -0.0349. The molecule has 0 saturated carbocycles. The van der Waals surface area contributed by atoms with Crippen LogP contribution in [0.5, 0.6) is 0 Å². The summed E-state index contributed by atoms with van der Waals surface area (Å²) < 4.78 is 28.1. The molecule has 11 nitrogen and oxygen atoms in total. The fourth-order valence-electron chi connectivity index (χ4n) is 2.36. The third-order valence-electron chi connectivity index (χ3n) is 3.19. The highest BCUT2D eigenvalue weighted by molar-refractivity contribution is 9.10. The Labute approximate surface area is 162 Å². The standard InChI is InChI=1S/C15H19BrO11/c1-6(17)23-10-11(24-7(2)18)13(26-9(4)20)27-15(16,14(21)22-5)12(10)25-8(3)19/h10-13H,1-5H3/t10-,11-,12+,13+,15+/m1/s1. The molecule has 1 fully saturated rings. The maximum Gasteiger partial charge on any atom is 0.353 e. The molecule has 0 spiro atoms. The zero-order chi connectivity index (χ0) is 20.9. The van der Waals surface area contributed by atoms with E-state index in [4.69, 9.17) is 23.7 Å². The van der Waals surface area contributed by atoms with E-state index in [2.05, 4.69) is 20.7 Å². The molecule has 1 aliphatic heterocycles. The molecule has 0 aromatic rings. The van der Waals surface area contributed by atoms with Crippen molar-refractivity contribution in [2.45, 2.75) is 56.8 Å². The van der Waals surface area contributed by atoms with Crippen LogP contribution in [-0.4, -0.2) is 66.1 Å². The molecule has 0 aromatic heterocycles. The molecule has 0 aliphatic carbocycles. The third kappa shape index (κ3) is 5.63. The van der Waals surface area contributed by atoms with Crippen LogP contribution in [0, 0.1) is 0 Å². The van der Waals surface area contributed by atoms with Crippen LogP contribution in [0.25, 0.3) is 0 Å². The van der Waals surface area contributed by atoms with Gasteiger partial charge in [-0.05, 0) is 15.9 Å². The molecule has 27 heavy (non-hydrogen) atoms. The number of carbonyl (C=O) groups excluding carboxylic acids is 5. The van der Waals surface area contributed by atoms with Gasteiger partial charge >= 0.3 is 29.8 Å². The summed E-state index contributed by atoms with van der Waals surface area (Å²) in [6.45, 7) is 4.17. The van der Waals surface area contributed by atoms with Gasteiger partial charge in [0.15, 0.2) is 12.2 Å². The van der Waals surface area contributed by atoms with Crippen molar-refractivity contribution < 1.29 is 52.4 Å². The lowest BCUT2D eigenvalue weighted by molar-refractivity contribution is -0.300. The Kier molecular flexibility index (Phi) is 7.72. The van der Waals surface area contributed by atoms with Gasteiger partial charge in [0.1, 0.15) is 0 Å². The van der Waals surface area contributed by atoms with Gasteiger partial charge in [-0.3, -0.25) is 19.2 Å². The van der Waals surface area contributed by atoms with Crippen molar-refractivity contribution in [3.63, 3.8) is 0 Å². The molecule has 0 aromatic carbocycles. The van der Waals surface area contributed by atoms with E-state index in [0.29, 0.717) is 0 Å². The predicted molar refractivity (Wildman–Crippen MR) is 87.0 cm³/mol. The second-order valence-electron chi connectivity index (χ2n) is 5.41. The molecule has 1 aliphatic rings. The first kappa shape index (κ1) is 22.8. The Bertz CT molecular complexity index is 633. The Hall–Kier alpha value is -2.21. The largest absolute Gasteiger partial charge is 0.466 e. The number of alkyl halides is 1. The third-order valence-corrected chi connectivity index (χ3v) is 4.15. The number of ether oxygens (including phenoxy) is 6. The number of halogens is 1. The minimum absolute atomic E-state index is 0.834. The first-order valence-corrected chi connectivity index (χ1v) is 8.35. The molecular weight excluding hydrogens is 436 g/mol. The molecule has 12 heteroatoms. The van der Waals surface area contributed by atoms with Crippen LogP contribution in [0.4, 0.5) is 0 Å². The zero-order valence-electron chi connectivity index (χ0n) is 15.2. The highest BCUT2D eigenvalue weighted by Crippen LogP contribution is 2.41. The van der Waals surface area contributed by atoms with E-state index in [0.717, 1.165) is 34.8 Å². The SMILES string of the molecule is COC(=O)[C@@]1(Br)O[C@H](OC(C)=O)[C@H](OC(C)=O)[C@@H](OC(C)=O)[C@@H]1OC(C)=O. The number of carbonyl (C=O) groups is 5. The second-order valence-corrected chi connectivity index (χ2v) is 6.59. The van der Waals surface area contributed by atoms with E-state index < -0.39 is 59.0 Å². The zero-order valence-corrected chi connectivity index (χ0v) is 16.8. The smallest absolute Gasteiger partial charge is 0.353 e. The topological polar surface area (TPSA) is 141 Å². The Morgan fingerprint density at radius 1 is 0.778 bits per heavy atom. The van der Waals surface area contributed by atoms with Crippen molar-refractivity contribution in [1.29, 1.82) is 0 Å². The highest BCUT2D eigenvalue weighted by Gasteiger charge is 2.64. The van der Waals surface area contributed by atoms with Crippen LogP contribution in [0.3, 0.4) is 0 Å². The van der Waals surface area contributed by atoms with Crippen LogP contribution in [0.2, 0.25) is 0 Å². The molecule has 0 unspecified atom stereocenters. The number of hydrogen-bond donors (Lipinski definition) is 0. The molecule has 0 radical (unpaired) electrons. The first-order valence-electron chi connectivity index (χ1n) is 7.56.